The SMILES string of the molecule is CCCC[C@@H](O)[C@@H](N)c1ccc(O)cc1F. The van der Waals surface area contributed by atoms with E-state index in [0.29, 0.717) is 6.42 Å². The summed E-state index contributed by atoms with van der Waals surface area (Å²) < 4.78 is 13.4. The molecule has 0 aromatic heterocycles. The number of unbranched alkanes of at least 4 members (excludes halogenated alkanes) is 1. The highest BCUT2D eigenvalue weighted by Gasteiger charge is 2.19. The van der Waals surface area contributed by atoms with Crippen LogP contribution in [0.1, 0.15) is 37.8 Å². The lowest BCUT2D eigenvalue weighted by atomic mass is 9.98. The van der Waals surface area contributed by atoms with Crippen LogP contribution in [0, 0.1) is 5.82 Å². The molecule has 0 radical (unpaired) electrons. The lowest BCUT2D eigenvalue weighted by Gasteiger charge is -2.19. The van der Waals surface area contributed by atoms with Gasteiger partial charge >= 0.3 is 0 Å². The molecule has 3 nitrogen and oxygen atoms in total. The number of rotatable bonds is 5. The first-order chi connectivity index (χ1) is 7.56. The van der Waals surface area contributed by atoms with E-state index in [1.165, 1.54) is 12.1 Å². The summed E-state index contributed by atoms with van der Waals surface area (Å²) >= 11 is 0. The van der Waals surface area contributed by atoms with Gasteiger partial charge in [0.25, 0.3) is 0 Å². The first kappa shape index (κ1) is 12.9. The van der Waals surface area contributed by atoms with Gasteiger partial charge in [-0.2, -0.15) is 0 Å². The molecule has 0 amide bonds. The van der Waals surface area contributed by atoms with E-state index in [0.717, 1.165) is 18.9 Å². The molecule has 4 heteroatoms. The fourth-order valence-electron chi connectivity index (χ4n) is 1.59. The molecular formula is C12H18FNO2. The van der Waals surface area contributed by atoms with Gasteiger partial charge in [-0.15, -0.1) is 0 Å². The van der Waals surface area contributed by atoms with E-state index in [1.54, 1.807) is 0 Å². The van der Waals surface area contributed by atoms with Gasteiger partial charge in [0.2, 0.25) is 0 Å². The van der Waals surface area contributed by atoms with Gasteiger partial charge in [0, 0.05) is 11.6 Å². The van der Waals surface area contributed by atoms with Crippen LogP contribution in [-0.4, -0.2) is 16.3 Å². The number of benzene rings is 1. The van der Waals surface area contributed by atoms with E-state index < -0.39 is 18.0 Å². The molecule has 2 atom stereocenters. The van der Waals surface area contributed by atoms with E-state index in [-0.39, 0.29) is 11.3 Å². The molecule has 1 aromatic rings. The summed E-state index contributed by atoms with van der Waals surface area (Å²) in [7, 11) is 0. The molecule has 0 aliphatic rings. The summed E-state index contributed by atoms with van der Waals surface area (Å²) in [6, 6.07) is 3.03. The molecule has 0 aliphatic carbocycles. The molecule has 1 rings (SSSR count). The highest BCUT2D eigenvalue weighted by atomic mass is 19.1. The van der Waals surface area contributed by atoms with Crippen LogP contribution in [0.15, 0.2) is 18.2 Å². The second-order valence-corrected chi connectivity index (χ2v) is 3.94. The van der Waals surface area contributed by atoms with E-state index in [1.807, 2.05) is 6.92 Å². The Morgan fingerprint density at radius 1 is 1.44 bits per heavy atom. The van der Waals surface area contributed by atoms with Crippen LogP contribution < -0.4 is 5.73 Å². The Morgan fingerprint density at radius 2 is 2.12 bits per heavy atom. The zero-order valence-electron chi connectivity index (χ0n) is 9.36. The van der Waals surface area contributed by atoms with Gasteiger partial charge in [-0.3, -0.25) is 0 Å². The Morgan fingerprint density at radius 3 is 2.69 bits per heavy atom. The number of aliphatic hydroxyl groups excluding tert-OH is 1. The second kappa shape index (κ2) is 5.82. The summed E-state index contributed by atoms with van der Waals surface area (Å²) in [5.41, 5.74) is 6.00. The van der Waals surface area contributed by atoms with Gasteiger partial charge in [0.1, 0.15) is 11.6 Å². The van der Waals surface area contributed by atoms with Crippen LogP contribution >= 0.6 is 0 Å². The molecule has 0 aliphatic heterocycles. The summed E-state index contributed by atoms with van der Waals surface area (Å²) in [5, 5.41) is 18.8. The van der Waals surface area contributed by atoms with E-state index in [2.05, 4.69) is 0 Å². The van der Waals surface area contributed by atoms with Crippen molar-refractivity contribution in [2.45, 2.75) is 38.3 Å². The number of aromatic hydroxyl groups is 1. The zero-order chi connectivity index (χ0) is 12.1. The van der Waals surface area contributed by atoms with E-state index in [4.69, 9.17) is 10.8 Å². The molecule has 16 heavy (non-hydrogen) atoms. The van der Waals surface area contributed by atoms with Crippen molar-refractivity contribution in [1.82, 2.24) is 0 Å². The third kappa shape index (κ3) is 3.18. The quantitative estimate of drug-likeness (QED) is 0.721. The van der Waals surface area contributed by atoms with Gasteiger partial charge in [0.05, 0.1) is 12.1 Å². The van der Waals surface area contributed by atoms with Crippen molar-refractivity contribution in [2.24, 2.45) is 5.73 Å². The molecule has 0 bridgehead atoms. The maximum absolute atomic E-state index is 13.4. The number of halogens is 1. The van der Waals surface area contributed by atoms with Crippen LogP contribution in [0.4, 0.5) is 4.39 Å². The first-order valence-electron chi connectivity index (χ1n) is 5.48. The van der Waals surface area contributed by atoms with Crippen LogP contribution in [0.2, 0.25) is 0 Å². The predicted octanol–water partition coefficient (Wildman–Crippen LogP) is 2.08. The minimum atomic E-state index is -0.751. The average molecular weight is 227 g/mol. The lowest BCUT2D eigenvalue weighted by molar-refractivity contribution is 0.131. The van der Waals surface area contributed by atoms with Crippen molar-refractivity contribution in [1.29, 1.82) is 0 Å². The molecule has 0 saturated carbocycles. The number of phenolic OH excluding ortho intramolecular Hbond substituents is 1. The highest BCUT2D eigenvalue weighted by molar-refractivity contribution is 5.30. The Hall–Kier alpha value is -1.13. The fraction of sp³-hybridized carbons (Fsp3) is 0.500. The van der Waals surface area contributed by atoms with Crippen LogP contribution in [0.3, 0.4) is 0 Å². The number of hydrogen-bond acceptors (Lipinski definition) is 3. The largest absolute Gasteiger partial charge is 0.508 e. The summed E-state index contributed by atoms with van der Waals surface area (Å²) in [6.07, 6.45) is 1.62. The van der Waals surface area contributed by atoms with Gasteiger partial charge < -0.3 is 15.9 Å². The van der Waals surface area contributed by atoms with Crippen LogP contribution in [0.5, 0.6) is 5.75 Å². The Bertz CT molecular complexity index is 344. The molecule has 0 fully saturated rings. The number of phenols is 1. The zero-order valence-corrected chi connectivity index (χ0v) is 9.36. The van der Waals surface area contributed by atoms with Crippen molar-refractivity contribution in [3.63, 3.8) is 0 Å². The molecular weight excluding hydrogens is 209 g/mol. The predicted molar refractivity (Wildman–Crippen MR) is 60.5 cm³/mol. The van der Waals surface area contributed by atoms with Crippen molar-refractivity contribution in [3.8, 4) is 5.75 Å². The average Bonchev–Trinajstić information content (AvgIpc) is 2.25. The lowest BCUT2D eigenvalue weighted by Crippen LogP contribution is -2.26. The first-order valence-corrected chi connectivity index (χ1v) is 5.48. The minimum Gasteiger partial charge on any atom is -0.508 e. The number of nitrogens with two attached hydrogens (primary N) is 1. The van der Waals surface area contributed by atoms with Crippen LogP contribution in [0.25, 0.3) is 0 Å². The third-order valence-electron chi connectivity index (χ3n) is 2.61. The molecule has 0 saturated heterocycles. The fourth-order valence-corrected chi connectivity index (χ4v) is 1.59. The monoisotopic (exact) mass is 227 g/mol. The second-order valence-electron chi connectivity index (χ2n) is 3.94. The summed E-state index contributed by atoms with van der Waals surface area (Å²) in [6.45, 7) is 2.01. The molecule has 0 heterocycles. The Balaban J connectivity index is 2.75. The maximum atomic E-state index is 13.4. The van der Waals surface area contributed by atoms with Gasteiger partial charge in [-0.1, -0.05) is 25.8 Å². The van der Waals surface area contributed by atoms with Gasteiger partial charge in [0.15, 0.2) is 0 Å². The van der Waals surface area contributed by atoms with Crippen molar-refractivity contribution >= 4 is 0 Å². The molecule has 1 aromatic carbocycles. The topological polar surface area (TPSA) is 66.5 Å². The standard InChI is InChI=1S/C12H18FNO2/c1-2-3-4-11(16)12(14)9-6-5-8(15)7-10(9)13/h5-7,11-12,15-16H,2-4,14H2,1H3/t11-,12+/m1/s1. The highest BCUT2D eigenvalue weighted by Crippen LogP contribution is 2.23. The third-order valence-corrected chi connectivity index (χ3v) is 2.61. The molecule has 0 unspecified atom stereocenters. The number of aliphatic hydroxyl groups is 1. The molecule has 4 N–H and O–H groups in total. The van der Waals surface area contributed by atoms with Crippen LogP contribution in [-0.2, 0) is 0 Å². The van der Waals surface area contributed by atoms with Crippen molar-refractivity contribution in [3.05, 3.63) is 29.6 Å². The summed E-state index contributed by atoms with van der Waals surface area (Å²) in [4.78, 5) is 0. The van der Waals surface area contributed by atoms with Gasteiger partial charge in [-0.05, 0) is 12.5 Å². The van der Waals surface area contributed by atoms with E-state index in [9.17, 15) is 9.50 Å². The smallest absolute Gasteiger partial charge is 0.131 e. The minimum absolute atomic E-state index is 0.142. The Kier molecular flexibility index (Phi) is 4.71. The normalized spacial score (nSPS) is 14.8. The maximum Gasteiger partial charge on any atom is 0.131 e. The van der Waals surface area contributed by atoms with Crippen molar-refractivity contribution < 1.29 is 14.6 Å². The number of hydrogen-bond donors (Lipinski definition) is 3. The summed E-state index contributed by atoms with van der Waals surface area (Å²) in [5.74, 6) is -0.723. The molecule has 90 valence electrons. The van der Waals surface area contributed by atoms with Crippen molar-refractivity contribution in [2.75, 3.05) is 0 Å². The van der Waals surface area contributed by atoms with Gasteiger partial charge in [-0.25, -0.2) is 4.39 Å². The Labute approximate surface area is 94.7 Å². The molecule has 0 spiro atoms. The van der Waals surface area contributed by atoms with E-state index >= 15 is 0 Å².